The highest BCUT2D eigenvalue weighted by Gasteiger charge is 2.46. The molecule has 11 aromatic rings. The van der Waals surface area contributed by atoms with Gasteiger partial charge < -0.3 is 4.42 Å². The molecule has 0 aliphatic heterocycles. The van der Waals surface area contributed by atoms with Crippen molar-refractivity contribution in [2.75, 3.05) is 0 Å². The highest BCUT2D eigenvalue weighted by molar-refractivity contribution is 6.08. The summed E-state index contributed by atoms with van der Waals surface area (Å²) in [6, 6.07) is 74.6. The van der Waals surface area contributed by atoms with Crippen LogP contribution >= 0.6 is 0 Å². The molecule has 290 valence electrons. The molecule has 5 nitrogen and oxygen atoms in total. The second-order valence-electron chi connectivity index (χ2n) is 15.7. The van der Waals surface area contributed by atoms with Crippen molar-refractivity contribution in [1.29, 1.82) is 0 Å². The lowest BCUT2D eigenvalue weighted by atomic mass is 9.67. The molecular weight excluding hydrogens is 757 g/mol. The molecule has 0 bridgehead atoms. The van der Waals surface area contributed by atoms with Gasteiger partial charge in [-0.2, -0.15) is 0 Å². The second kappa shape index (κ2) is 14.5. The average molecular weight is 793 g/mol. The minimum atomic E-state index is -0.527. The van der Waals surface area contributed by atoms with E-state index in [0.717, 1.165) is 55.4 Å². The van der Waals surface area contributed by atoms with Crippen molar-refractivity contribution in [1.82, 2.24) is 19.9 Å². The van der Waals surface area contributed by atoms with Gasteiger partial charge in [0.2, 0.25) is 0 Å². The number of para-hydroxylation sites is 1. The van der Waals surface area contributed by atoms with Gasteiger partial charge in [-0.25, -0.2) is 15.0 Å². The Kier molecular flexibility index (Phi) is 8.32. The summed E-state index contributed by atoms with van der Waals surface area (Å²) in [5.74, 6) is 1.76. The molecule has 0 radical (unpaired) electrons. The first-order valence-corrected chi connectivity index (χ1v) is 20.9. The number of furan rings is 1. The van der Waals surface area contributed by atoms with E-state index in [1.54, 1.807) is 0 Å². The van der Waals surface area contributed by atoms with Crippen LogP contribution in [0.4, 0.5) is 0 Å². The van der Waals surface area contributed by atoms with Crippen molar-refractivity contribution < 1.29 is 4.42 Å². The molecule has 0 amide bonds. The van der Waals surface area contributed by atoms with Gasteiger partial charge in [0, 0.05) is 33.8 Å². The Hall–Kier alpha value is -8.28. The summed E-state index contributed by atoms with van der Waals surface area (Å²) in [6.07, 6.45) is 1.86. The van der Waals surface area contributed by atoms with Crippen LogP contribution in [0.15, 0.2) is 223 Å². The molecule has 3 heterocycles. The van der Waals surface area contributed by atoms with Crippen LogP contribution in [-0.4, -0.2) is 19.9 Å². The number of rotatable bonds is 7. The van der Waals surface area contributed by atoms with Crippen LogP contribution in [0, 0.1) is 0 Å². The summed E-state index contributed by atoms with van der Waals surface area (Å²) in [6.45, 7) is 0. The first-order chi connectivity index (χ1) is 30.7. The minimum absolute atomic E-state index is 0.527. The van der Waals surface area contributed by atoms with E-state index in [9.17, 15) is 0 Å². The minimum Gasteiger partial charge on any atom is -0.454 e. The molecule has 1 aliphatic rings. The Labute approximate surface area is 358 Å². The van der Waals surface area contributed by atoms with Crippen LogP contribution in [0.5, 0.6) is 0 Å². The molecule has 3 aromatic heterocycles. The van der Waals surface area contributed by atoms with Gasteiger partial charge in [-0.3, -0.25) is 4.98 Å². The molecule has 0 atom stereocenters. The molecule has 0 spiro atoms. The third-order valence-corrected chi connectivity index (χ3v) is 12.3. The number of fused-ring (bicyclic) bond motifs is 6. The second-order valence-corrected chi connectivity index (χ2v) is 15.7. The monoisotopic (exact) mass is 792 g/mol. The number of hydrogen-bond acceptors (Lipinski definition) is 5. The Balaban J connectivity index is 1.12. The lowest BCUT2D eigenvalue weighted by molar-refractivity contribution is 0.669. The van der Waals surface area contributed by atoms with E-state index in [1.807, 2.05) is 91.1 Å². The van der Waals surface area contributed by atoms with Gasteiger partial charge in [-0.1, -0.05) is 182 Å². The number of pyridine rings is 1. The summed E-state index contributed by atoms with van der Waals surface area (Å²) < 4.78 is 6.60. The first-order valence-electron chi connectivity index (χ1n) is 20.9. The molecule has 8 aromatic carbocycles. The summed E-state index contributed by atoms with van der Waals surface area (Å²) in [7, 11) is 0. The maximum atomic E-state index is 6.60. The van der Waals surface area contributed by atoms with E-state index in [4.69, 9.17) is 24.4 Å². The molecule has 0 unspecified atom stereocenters. The normalized spacial score (nSPS) is 12.6. The lowest BCUT2D eigenvalue weighted by Crippen LogP contribution is -2.28. The summed E-state index contributed by atoms with van der Waals surface area (Å²) in [5.41, 5.74) is 15.9. The molecule has 0 saturated carbocycles. The fraction of sp³-hybridized carbons (Fsp3) is 0.0175. The van der Waals surface area contributed by atoms with Crippen molar-refractivity contribution in [2.24, 2.45) is 0 Å². The van der Waals surface area contributed by atoms with E-state index in [2.05, 4.69) is 127 Å². The van der Waals surface area contributed by atoms with Gasteiger partial charge in [0.1, 0.15) is 11.1 Å². The number of benzene rings is 8. The zero-order chi connectivity index (χ0) is 41.0. The van der Waals surface area contributed by atoms with Crippen LogP contribution in [0.3, 0.4) is 0 Å². The van der Waals surface area contributed by atoms with Crippen LogP contribution in [-0.2, 0) is 5.41 Å². The van der Waals surface area contributed by atoms with Crippen molar-refractivity contribution in [2.45, 2.75) is 5.41 Å². The molecule has 62 heavy (non-hydrogen) atoms. The zero-order valence-corrected chi connectivity index (χ0v) is 33.5. The molecule has 0 N–H and O–H groups in total. The van der Waals surface area contributed by atoms with Gasteiger partial charge in [0.05, 0.1) is 5.41 Å². The average Bonchev–Trinajstić information content (AvgIpc) is 3.89. The fourth-order valence-electron chi connectivity index (χ4n) is 9.51. The number of hydrogen-bond donors (Lipinski definition) is 0. The fourth-order valence-corrected chi connectivity index (χ4v) is 9.51. The van der Waals surface area contributed by atoms with Gasteiger partial charge in [-0.15, -0.1) is 0 Å². The van der Waals surface area contributed by atoms with Crippen molar-refractivity contribution in [3.05, 3.63) is 241 Å². The summed E-state index contributed by atoms with van der Waals surface area (Å²) in [5, 5.41) is 0.972. The third kappa shape index (κ3) is 5.63. The van der Waals surface area contributed by atoms with E-state index in [0.29, 0.717) is 23.1 Å². The van der Waals surface area contributed by atoms with Crippen LogP contribution in [0.25, 0.3) is 89.6 Å². The Morgan fingerprint density at radius 1 is 0.355 bits per heavy atom. The van der Waals surface area contributed by atoms with Crippen molar-refractivity contribution >= 4 is 22.1 Å². The van der Waals surface area contributed by atoms with E-state index < -0.39 is 5.41 Å². The standard InChI is InChI=1S/C57H36N4O/c1-5-17-37(18-6-1)54-59-55(38-19-7-2-8-20-38)61-56(60-54)48-35-39(29-31-43(48)46-33-34-58-52-47-26-14-16-28-51(47)62-53(46)52)40-30-32-45-44-25-13-15-27-49(44)57(50(45)36-40,41-21-9-3-10-22-41)42-23-11-4-12-24-42/h1-36H. The zero-order valence-electron chi connectivity index (χ0n) is 33.5. The van der Waals surface area contributed by atoms with Crippen LogP contribution < -0.4 is 0 Å². The predicted octanol–water partition coefficient (Wildman–Crippen LogP) is 13.9. The van der Waals surface area contributed by atoms with Crippen LogP contribution in [0.1, 0.15) is 22.3 Å². The largest absolute Gasteiger partial charge is 0.454 e. The van der Waals surface area contributed by atoms with E-state index >= 15 is 0 Å². The molecule has 0 saturated heterocycles. The molecule has 1 aliphatic carbocycles. The smallest absolute Gasteiger partial charge is 0.164 e. The van der Waals surface area contributed by atoms with Gasteiger partial charge in [0.15, 0.2) is 23.1 Å². The first kappa shape index (κ1) is 35.6. The topological polar surface area (TPSA) is 64.7 Å². The molecule has 12 rings (SSSR count). The SMILES string of the molecule is c1ccc(-c2nc(-c3ccccc3)nc(-c3cc(-c4ccc5c(c4)C(c4ccccc4)(c4ccccc4)c4ccccc4-5)ccc3-c3ccnc4c3oc3ccccc34)n2)cc1. The quantitative estimate of drug-likeness (QED) is 0.161. The van der Waals surface area contributed by atoms with Gasteiger partial charge >= 0.3 is 0 Å². The Morgan fingerprint density at radius 2 is 0.887 bits per heavy atom. The highest BCUT2D eigenvalue weighted by Crippen LogP contribution is 2.57. The number of nitrogens with zero attached hydrogens (tertiary/aromatic N) is 4. The summed E-state index contributed by atoms with van der Waals surface area (Å²) in [4.78, 5) is 20.4. The maximum Gasteiger partial charge on any atom is 0.164 e. The Bertz CT molecular complexity index is 3360. The van der Waals surface area contributed by atoms with Crippen molar-refractivity contribution in [3.63, 3.8) is 0 Å². The Morgan fingerprint density at radius 3 is 1.56 bits per heavy atom. The lowest BCUT2D eigenvalue weighted by Gasteiger charge is -2.34. The van der Waals surface area contributed by atoms with Crippen LogP contribution in [0.2, 0.25) is 0 Å². The summed E-state index contributed by atoms with van der Waals surface area (Å²) >= 11 is 0. The van der Waals surface area contributed by atoms with E-state index in [-0.39, 0.29) is 0 Å². The van der Waals surface area contributed by atoms with Gasteiger partial charge in [0.25, 0.3) is 0 Å². The molecular formula is C57H36N4O. The van der Waals surface area contributed by atoms with Gasteiger partial charge in [-0.05, 0) is 80.4 Å². The third-order valence-electron chi connectivity index (χ3n) is 12.3. The highest BCUT2D eigenvalue weighted by atomic mass is 16.3. The number of aromatic nitrogens is 4. The maximum absolute atomic E-state index is 6.60. The molecule has 0 fully saturated rings. The van der Waals surface area contributed by atoms with E-state index in [1.165, 1.54) is 33.4 Å². The predicted molar refractivity (Wildman–Crippen MR) is 249 cm³/mol. The molecule has 5 heteroatoms. The van der Waals surface area contributed by atoms with Crippen molar-refractivity contribution in [3.8, 4) is 67.5 Å².